The monoisotopic (exact) mass is 431 g/mol. The summed E-state index contributed by atoms with van der Waals surface area (Å²) in [5.74, 6) is -0.503. The third-order valence-electron chi connectivity index (χ3n) is 5.85. The number of sulfonamides is 1. The summed E-state index contributed by atoms with van der Waals surface area (Å²) in [5, 5.41) is 3.15. The molecule has 1 atom stereocenters. The second-order valence-corrected chi connectivity index (χ2v) is 9.78. The van der Waals surface area contributed by atoms with Gasteiger partial charge in [-0.2, -0.15) is 4.31 Å². The summed E-state index contributed by atoms with van der Waals surface area (Å²) in [4.78, 5) is 14.7. The molecule has 1 aliphatic heterocycles. The Balaban J connectivity index is 1.31. The number of hydrogen-bond donors (Lipinski definition) is 1. The number of benzene rings is 2. The molecular formula is C22H26FN3O3S. The van der Waals surface area contributed by atoms with Crippen LogP contribution in [0.2, 0.25) is 0 Å². The number of carbonyl (C=O) groups is 1. The molecule has 30 heavy (non-hydrogen) atoms. The fourth-order valence-corrected chi connectivity index (χ4v) is 5.65. The van der Waals surface area contributed by atoms with Gasteiger partial charge in [-0.1, -0.05) is 24.3 Å². The maximum atomic E-state index is 13.1. The van der Waals surface area contributed by atoms with Crippen molar-refractivity contribution in [1.82, 2.24) is 14.5 Å². The molecule has 2 aliphatic rings. The summed E-state index contributed by atoms with van der Waals surface area (Å²) in [5.41, 5.74) is 2.50. The molecule has 6 nitrogen and oxygen atoms in total. The second kappa shape index (κ2) is 8.83. The number of hydrogen-bond acceptors (Lipinski definition) is 4. The molecule has 0 aromatic heterocycles. The van der Waals surface area contributed by atoms with E-state index in [0.29, 0.717) is 26.2 Å². The van der Waals surface area contributed by atoms with Gasteiger partial charge in [0.1, 0.15) is 5.82 Å². The third-order valence-corrected chi connectivity index (χ3v) is 7.77. The van der Waals surface area contributed by atoms with Gasteiger partial charge < -0.3 is 5.32 Å². The van der Waals surface area contributed by atoms with Crippen LogP contribution in [0.15, 0.2) is 53.4 Å². The lowest BCUT2D eigenvalue weighted by Gasteiger charge is -2.34. The van der Waals surface area contributed by atoms with Crippen molar-refractivity contribution in [2.75, 3.05) is 32.7 Å². The minimum atomic E-state index is -3.65. The van der Waals surface area contributed by atoms with Crippen molar-refractivity contribution in [3.63, 3.8) is 0 Å². The van der Waals surface area contributed by atoms with Crippen LogP contribution in [0.4, 0.5) is 4.39 Å². The van der Waals surface area contributed by atoms with E-state index in [4.69, 9.17) is 0 Å². The quantitative estimate of drug-likeness (QED) is 0.789. The zero-order valence-corrected chi connectivity index (χ0v) is 17.6. The average molecular weight is 432 g/mol. The average Bonchev–Trinajstić information content (AvgIpc) is 2.75. The molecule has 0 spiro atoms. The molecule has 1 fully saturated rings. The Morgan fingerprint density at radius 2 is 1.73 bits per heavy atom. The van der Waals surface area contributed by atoms with Gasteiger partial charge >= 0.3 is 0 Å². The Morgan fingerprint density at radius 1 is 1.03 bits per heavy atom. The van der Waals surface area contributed by atoms with E-state index in [1.807, 2.05) is 17.0 Å². The van der Waals surface area contributed by atoms with Crippen LogP contribution < -0.4 is 5.32 Å². The number of piperazine rings is 1. The van der Waals surface area contributed by atoms with Crippen molar-refractivity contribution in [2.45, 2.75) is 30.2 Å². The van der Waals surface area contributed by atoms with E-state index < -0.39 is 15.8 Å². The predicted octanol–water partition coefficient (Wildman–Crippen LogP) is 2.33. The highest BCUT2D eigenvalue weighted by atomic mass is 32.2. The number of aryl methyl sites for hydroxylation is 1. The van der Waals surface area contributed by atoms with E-state index in [0.717, 1.165) is 31.4 Å². The van der Waals surface area contributed by atoms with Gasteiger partial charge in [0.2, 0.25) is 15.9 Å². The zero-order valence-electron chi connectivity index (χ0n) is 16.8. The minimum Gasteiger partial charge on any atom is -0.348 e. The molecule has 2 aromatic carbocycles. The van der Waals surface area contributed by atoms with Gasteiger partial charge in [-0.3, -0.25) is 9.69 Å². The normalized spacial score (nSPS) is 20.5. The molecule has 2 aromatic rings. The molecule has 1 aliphatic carbocycles. The van der Waals surface area contributed by atoms with Gasteiger partial charge in [-0.25, -0.2) is 12.8 Å². The smallest absolute Gasteiger partial charge is 0.243 e. The zero-order chi connectivity index (χ0) is 21.1. The van der Waals surface area contributed by atoms with Gasteiger partial charge in [-0.15, -0.1) is 0 Å². The summed E-state index contributed by atoms with van der Waals surface area (Å²) in [6.07, 6.45) is 3.04. The molecule has 0 saturated carbocycles. The van der Waals surface area contributed by atoms with Crippen LogP contribution >= 0.6 is 0 Å². The van der Waals surface area contributed by atoms with Gasteiger partial charge in [0.05, 0.1) is 17.5 Å². The standard InChI is InChI=1S/C22H26FN3O3S/c23-18-8-10-19(11-9-18)30(28,29)26-14-12-25(13-15-26)16-22(27)24-21-7-3-5-17-4-1-2-6-20(17)21/h1-2,4,6,8-11,21H,3,5,7,12-16H2,(H,24,27)/t21-/m1/s1. The maximum Gasteiger partial charge on any atom is 0.243 e. The van der Waals surface area contributed by atoms with Crippen LogP contribution in [0, 0.1) is 5.82 Å². The Morgan fingerprint density at radius 3 is 2.47 bits per heavy atom. The summed E-state index contributed by atoms with van der Waals surface area (Å²) in [6, 6.07) is 13.1. The summed E-state index contributed by atoms with van der Waals surface area (Å²) >= 11 is 0. The minimum absolute atomic E-state index is 0.0356. The molecule has 4 rings (SSSR count). The number of fused-ring (bicyclic) bond motifs is 1. The van der Waals surface area contributed by atoms with E-state index in [-0.39, 0.29) is 23.4 Å². The number of nitrogens with zero attached hydrogens (tertiary/aromatic N) is 2. The first-order valence-corrected chi connectivity index (χ1v) is 11.7. The van der Waals surface area contributed by atoms with Crippen LogP contribution in [0.3, 0.4) is 0 Å². The summed E-state index contributed by atoms with van der Waals surface area (Å²) in [7, 11) is -3.65. The van der Waals surface area contributed by atoms with Crippen molar-refractivity contribution in [3.8, 4) is 0 Å². The number of amides is 1. The fraction of sp³-hybridized carbons (Fsp3) is 0.409. The van der Waals surface area contributed by atoms with Crippen molar-refractivity contribution >= 4 is 15.9 Å². The van der Waals surface area contributed by atoms with Gasteiger partial charge in [0.25, 0.3) is 0 Å². The number of rotatable bonds is 5. The lowest BCUT2D eigenvalue weighted by atomic mass is 9.88. The highest BCUT2D eigenvalue weighted by molar-refractivity contribution is 7.89. The Labute approximate surface area is 176 Å². The van der Waals surface area contributed by atoms with Crippen LogP contribution in [-0.4, -0.2) is 56.3 Å². The number of carbonyl (C=O) groups excluding carboxylic acids is 1. The van der Waals surface area contributed by atoms with Gasteiger partial charge in [0, 0.05) is 26.2 Å². The fourth-order valence-electron chi connectivity index (χ4n) is 4.23. The van der Waals surface area contributed by atoms with Crippen LogP contribution in [0.25, 0.3) is 0 Å². The summed E-state index contributed by atoms with van der Waals surface area (Å²) in [6.45, 7) is 1.83. The maximum absolute atomic E-state index is 13.1. The molecule has 1 N–H and O–H groups in total. The van der Waals surface area contributed by atoms with E-state index in [1.165, 1.54) is 27.6 Å². The lowest BCUT2D eigenvalue weighted by Crippen LogP contribution is -2.51. The highest BCUT2D eigenvalue weighted by Gasteiger charge is 2.29. The number of halogens is 1. The van der Waals surface area contributed by atoms with Crippen LogP contribution in [0.1, 0.15) is 30.0 Å². The molecule has 1 amide bonds. The Bertz CT molecular complexity index is 1000. The third kappa shape index (κ3) is 4.55. The number of nitrogens with one attached hydrogen (secondary N) is 1. The Kier molecular flexibility index (Phi) is 6.17. The second-order valence-electron chi connectivity index (χ2n) is 7.85. The van der Waals surface area contributed by atoms with E-state index in [9.17, 15) is 17.6 Å². The molecule has 0 radical (unpaired) electrons. The molecule has 0 bridgehead atoms. The SMILES string of the molecule is O=C(CN1CCN(S(=O)(=O)c2ccc(F)cc2)CC1)N[C@@H]1CCCc2ccccc21. The first-order valence-electron chi connectivity index (χ1n) is 10.3. The predicted molar refractivity (Wildman–Crippen MR) is 112 cm³/mol. The topological polar surface area (TPSA) is 69.7 Å². The Hall–Kier alpha value is -2.29. The van der Waals surface area contributed by atoms with Crippen LogP contribution in [0.5, 0.6) is 0 Å². The molecule has 1 heterocycles. The summed E-state index contributed by atoms with van der Waals surface area (Å²) < 4.78 is 39.9. The molecule has 8 heteroatoms. The van der Waals surface area contributed by atoms with Crippen molar-refractivity contribution in [1.29, 1.82) is 0 Å². The van der Waals surface area contributed by atoms with Crippen molar-refractivity contribution in [2.24, 2.45) is 0 Å². The molecular weight excluding hydrogens is 405 g/mol. The highest BCUT2D eigenvalue weighted by Crippen LogP contribution is 2.29. The van der Waals surface area contributed by atoms with E-state index in [2.05, 4.69) is 17.4 Å². The largest absolute Gasteiger partial charge is 0.348 e. The molecule has 160 valence electrons. The van der Waals surface area contributed by atoms with E-state index >= 15 is 0 Å². The molecule has 0 unspecified atom stereocenters. The van der Waals surface area contributed by atoms with E-state index in [1.54, 1.807) is 0 Å². The van der Waals surface area contributed by atoms with Gasteiger partial charge in [-0.05, 0) is 54.7 Å². The van der Waals surface area contributed by atoms with Gasteiger partial charge in [0.15, 0.2) is 0 Å². The first kappa shape index (κ1) is 21.0. The van der Waals surface area contributed by atoms with Crippen LogP contribution in [-0.2, 0) is 21.2 Å². The first-order chi connectivity index (χ1) is 14.4. The van der Waals surface area contributed by atoms with Crippen molar-refractivity contribution < 1.29 is 17.6 Å². The lowest BCUT2D eigenvalue weighted by molar-refractivity contribution is -0.123. The molecule has 1 saturated heterocycles. The van der Waals surface area contributed by atoms with Crippen molar-refractivity contribution in [3.05, 3.63) is 65.5 Å².